The lowest BCUT2D eigenvalue weighted by Crippen LogP contribution is -2.62. The molecule has 3 heterocycles. The van der Waals surface area contributed by atoms with Crippen LogP contribution in [0.3, 0.4) is 0 Å². The number of nitrogens with one attached hydrogen (secondary N) is 3. The van der Waals surface area contributed by atoms with Gasteiger partial charge < -0.3 is 5.32 Å². The molecule has 7 heteroatoms. The van der Waals surface area contributed by atoms with Crippen LogP contribution in [0.25, 0.3) is 0 Å². The predicted octanol–water partition coefficient (Wildman–Crippen LogP) is -0.886. The van der Waals surface area contributed by atoms with Gasteiger partial charge in [-0.1, -0.05) is 6.07 Å². The van der Waals surface area contributed by atoms with E-state index in [2.05, 4.69) is 31.0 Å². The van der Waals surface area contributed by atoms with Crippen molar-refractivity contribution in [2.24, 2.45) is 0 Å². The number of carbonyl (C=O) groups is 1. The minimum atomic E-state index is -0.0283. The molecule has 0 unspecified atom stereocenters. The second-order valence-electron chi connectivity index (χ2n) is 5.51. The van der Waals surface area contributed by atoms with E-state index in [1.807, 2.05) is 18.2 Å². The summed E-state index contributed by atoms with van der Waals surface area (Å²) >= 11 is 0. The monoisotopic (exact) mass is 290 g/mol. The van der Waals surface area contributed by atoms with Crippen molar-refractivity contribution in [3.63, 3.8) is 0 Å². The second kappa shape index (κ2) is 6.84. The molecule has 2 saturated heterocycles. The quantitative estimate of drug-likeness (QED) is 0.611. The van der Waals surface area contributed by atoms with E-state index in [1.165, 1.54) is 0 Å². The molecule has 2 aliphatic rings. The van der Waals surface area contributed by atoms with Gasteiger partial charge in [0.05, 0.1) is 6.54 Å². The average Bonchev–Trinajstić information content (AvgIpc) is 2.46. The van der Waals surface area contributed by atoms with Gasteiger partial charge in [0.2, 0.25) is 0 Å². The fraction of sp³-hybridized carbons (Fsp3) is 0.571. The lowest BCUT2D eigenvalue weighted by Gasteiger charge is -2.43. The Kier molecular flexibility index (Phi) is 4.64. The van der Waals surface area contributed by atoms with Crippen LogP contribution in [0.2, 0.25) is 0 Å². The first-order valence-electron chi connectivity index (χ1n) is 7.44. The third-order valence-corrected chi connectivity index (χ3v) is 4.05. The number of hydrogen-bond acceptors (Lipinski definition) is 6. The average molecular weight is 290 g/mol. The highest BCUT2D eigenvalue weighted by atomic mass is 16.2. The summed E-state index contributed by atoms with van der Waals surface area (Å²) in [6.07, 6.45) is 1.68. The maximum Gasteiger partial charge on any atom is 0.252 e. The number of aromatic nitrogens is 1. The van der Waals surface area contributed by atoms with E-state index >= 15 is 0 Å². The van der Waals surface area contributed by atoms with Crippen LogP contribution in [0.4, 0.5) is 5.82 Å². The fourth-order valence-electron chi connectivity index (χ4n) is 2.63. The molecule has 0 atom stereocenters. The number of hydrogen-bond donors (Lipinski definition) is 3. The van der Waals surface area contributed by atoms with Crippen LogP contribution in [-0.4, -0.2) is 72.5 Å². The topological polar surface area (TPSA) is 72.5 Å². The second-order valence-corrected chi connectivity index (χ2v) is 5.51. The number of nitrogens with zero attached hydrogens (tertiary/aromatic N) is 3. The molecule has 0 saturated carbocycles. The first-order valence-corrected chi connectivity index (χ1v) is 7.44. The Morgan fingerprint density at radius 1 is 1.29 bits per heavy atom. The Balaban J connectivity index is 1.35. The highest BCUT2D eigenvalue weighted by Crippen LogP contribution is 2.09. The van der Waals surface area contributed by atoms with E-state index in [4.69, 9.17) is 0 Å². The number of amides is 1. The van der Waals surface area contributed by atoms with Crippen LogP contribution in [0.5, 0.6) is 0 Å². The molecule has 3 rings (SSSR count). The van der Waals surface area contributed by atoms with E-state index in [-0.39, 0.29) is 5.91 Å². The molecule has 0 bridgehead atoms. The van der Waals surface area contributed by atoms with Crippen molar-refractivity contribution in [2.75, 3.05) is 51.2 Å². The van der Waals surface area contributed by atoms with Crippen LogP contribution >= 0.6 is 0 Å². The molecular formula is C14H22N6O. The normalized spacial score (nSPS) is 20.8. The van der Waals surface area contributed by atoms with Gasteiger partial charge >= 0.3 is 0 Å². The van der Waals surface area contributed by atoms with Crippen molar-refractivity contribution in [2.45, 2.75) is 6.04 Å². The Morgan fingerprint density at radius 3 is 2.71 bits per heavy atom. The maximum absolute atomic E-state index is 11.9. The first kappa shape index (κ1) is 14.2. The molecule has 0 aromatic carbocycles. The van der Waals surface area contributed by atoms with E-state index < -0.39 is 0 Å². The zero-order valence-electron chi connectivity index (χ0n) is 12.1. The summed E-state index contributed by atoms with van der Waals surface area (Å²) in [5.41, 5.74) is 5.51. The van der Waals surface area contributed by atoms with Gasteiger partial charge in [-0.15, -0.1) is 0 Å². The summed E-state index contributed by atoms with van der Waals surface area (Å²) in [5, 5.41) is 3.30. The zero-order chi connectivity index (χ0) is 14.5. The summed E-state index contributed by atoms with van der Waals surface area (Å²) < 4.78 is 0. The molecule has 21 heavy (non-hydrogen) atoms. The maximum atomic E-state index is 11.9. The molecular weight excluding hydrogens is 268 g/mol. The van der Waals surface area contributed by atoms with E-state index in [0.717, 1.165) is 39.3 Å². The van der Waals surface area contributed by atoms with Crippen molar-refractivity contribution in [3.05, 3.63) is 24.4 Å². The molecule has 114 valence electrons. The van der Waals surface area contributed by atoms with Gasteiger partial charge in [0.15, 0.2) is 0 Å². The van der Waals surface area contributed by atoms with Crippen molar-refractivity contribution < 1.29 is 4.79 Å². The minimum absolute atomic E-state index is 0.0283. The molecule has 1 aromatic rings. The number of anilines is 1. The molecule has 1 amide bonds. The lowest BCUT2D eigenvalue weighted by atomic mass is 10.1. The highest BCUT2D eigenvalue weighted by molar-refractivity contribution is 5.79. The summed E-state index contributed by atoms with van der Waals surface area (Å²) in [6, 6.07) is 6.22. The van der Waals surface area contributed by atoms with Gasteiger partial charge in [-0.25, -0.2) is 4.98 Å². The highest BCUT2D eigenvalue weighted by Gasteiger charge is 2.28. The SMILES string of the molecule is O=C(CN1CCN(C2CNC2)CC1)NNc1ccccn1. The first-order chi connectivity index (χ1) is 10.3. The Morgan fingerprint density at radius 2 is 2.10 bits per heavy atom. The van der Waals surface area contributed by atoms with Crippen molar-refractivity contribution in [1.82, 2.24) is 25.5 Å². The van der Waals surface area contributed by atoms with Crippen molar-refractivity contribution >= 4 is 11.7 Å². The Hall–Kier alpha value is -1.70. The number of pyridine rings is 1. The molecule has 3 N–H and O–H groups in total. The summed E-state index contributed by atoms with van der Waals surface area (Å²) in [7, 11) is 0. The molecule has 7 nitrogen and oxygen atoms in total. The lowest BCUT2D eigenvalue weighted by molar-refractivity contribution is -0.122. The van der Waals surface area contributed by atoms with Crippen molar-refractivity contribution in [1.29, 1.82) is 0 Å². The number of hydrazine groups is 1. The molecule has 0 radical (unpaired) electrons. The summed E-state index contributed by atoms with van der Waals surface area (Å²) in [6.45, 7) is 6.64. The predicted molar refractivity (Wildman–Crippen MR) is 80.7 cm³/mol. The molecule has 2 aliphatic heterocycles. The van der Waals surface area contributed by atoms with Crippen LogP contribution < -0.4 is 16.2 Å². The van der Waals surface area contributed by atoms with Gasteiger partial charge in [0, 0.05) is 51.5 Å². The Bertz CT molecular complexity index is 456. The third-order valence-electron chi connectivity index (χ3n) is 4.05. The van der Waals surface area contributed by atoms with Crippen LogP contribution in [0, 0.1) is 0 Å². The molecule has 0 spiro atoms. The number of carbonyl (C=O) groups excluding carboxylic acids is 1. The fourth-order valence-corrected chi connectivity index (χ4v) is 2.63. The minimum Gasteiger partial charge on any atom is -0.314 e. The zero-order valence-corrected chi connectivity index (χ0v) is 12.1. The standard InChI is InChI=1S/C14H22N6O/c21-14(18-17-13-3-1-2-4-16-13)11-19-5-7-20(8-6-19)12-9-15-10-12/h1-4,12,15H,5-11H2,(H,16,17)(H,18,21). The Labute approximate surface area is 124 Å². The van der Waals surface area contributed by atoms with Crippen LogP contribution in [-0.2, 0) is 4.79 Å². The van der Waals surface area contributed by atoms with Gasteiger partial charge in [-0.3, -0.25) is 25.4 Å². The number of piperazine rings is 1. The van der Waals surface area contributed by atoms with E-state index in [9.17, 15) is 4.79 Å². The van der Waals surface area contributed by atoms with E-state index in [1.54, 1.807) is 6.20 Å². The smallest absolute Gasteiger partial charge is 0.252 e. The molecule has 2 fully saturated rings. The van der Waals surface area contributed by atoms with Gasteiger partial charge in [-0.05, 0) is 12.1 Å². The van der Waals surface area contributed by atoms with Crippen LogP contribution in [0.15, 0.2) is 24.4 Å². The molecule has 1 aromatic heterocycles. The third kappa shape index (κ3) is 3.90. The van der Waals surface area contributed by atoms with Gasteiger partial charge in [-0.2, -0.15) is 0 Å². The van der Waals surface area contributed by atoms with Gasteiger partial charge in [0.1, 0.15) is 5.82 Å². The van der Waals surface area contributed by atoms with Crippen molar-refractivity contribution in [3.8, 4) is 0 Å². The molecule has 0 aliphatic carbocycles. The van der Waals surface area contributed by atoms with Crippen LogP contribution in [0.1, 0.15) is 0 Å². The van der Waals surface area contributed by atoms with Gasteiger partial charge in [0.25, 0.3) is 5.91 Å². The summed E-state index contributed by atoms with van der Waals surface area (Å²) in [4.78, 5) is 20.7. The largest absolute Gasteiger partial charge is 0.314 e. The number of rotatable bonds is 5. The van der Waals surface area contributed by atoms with E-state index in [0.29, 0.717) is 18.4 Å². The summed E-state index contributed by atoms with van der Waals surface area (Å²) in [5.74, 6) is 0.618.